The van der Waals surface area contributed by atoms with E-state index >= 15 is 0 Å². The number of rotatable bonds is 4. The van der Waals surface area contributed by atoms with E-state index in [1.54, 1.807) is 0 Å². The summed E-state index contributed by atoms with van der Waals surface area (Å²) >= 11 is 13.6. The minimum Gasteiger partial charge on any atom is -0.326 e. The van der Waals surface area contributed by atoms with E-state index in [4.69, 9.17) is 4.74 Å². The Kier molecular flexibility index (Phi) is 5.78. The Hall–Kier alpha value is 1.88. The third kappa shape index (κ3) is 6.02. The number of halogens is 4. The van der Waals surface area contributed by atoms with Crippen LogP contribution in [0.2, 0.25) is 0 Å². The minimum absolute atomic E-state index is 0.441. The van der Waals surface area contributed by atoms with E-state index < -0.39 is 6.84 Å². The van der Waals surface area contributed by atoms with E-state index in [2.05, 4.69) is 63.7 Å². The van der Waals surface area contributed by atoms with Crippen molar-refractivity contribution >= 4 is 63.7 Å². The lowest BCUT2D eigenvalue weighted by Crippen LogP contribution is -2.26. The molecule has 0 spiro atoms. The molecule has 0 amide bonds. The molecule has 0 aliphatic heterocycles. The first-order chi connectivity index (χ1) is 4.83. The molecule has 0 N–H and O–H groups in total. The van der Waals surface area contributed by atoms with Crippen LogP contribution in [0.3, 0.4) is 0 Å². The maximum absolute atomic E-state index is 5.59. The van der Waals surface area contributed by atoms with Gasteiger partial charge < -0.3 is 4.74 Å². The zero-order valence-electron chi connectivity index (χ0n) is 6.33. The van der Waals surface area contributed by atoms with Crippen molar-refractivity contribution in [1.82, 2.24) is 0 Å². The molecule has 0 saturated carbocycles. The molecule has 0 aromatic carbocycles. The van der Waals surface area contributed by atoms with E-state index in [9.17, 15) is 0 Å². The molecule has 0 atom stereocenters. The predicted molar refractivity (Wildman–Crippen MR) is 62.8 cm³/mol. The molecule has 0 rings (SSSR count). The van der Waals surface area contributed by atoms with E-state index in [0.717, 1.165) is 12.8 Å². The lowest BCUT2D eigenvalue weighted by atomic mass is 10.5. The topological polar surface area (TPSA) is 9.23 Å². The normalized spacial score (nSPS) is 13.6. The van der Waals surface area contributed by atoms with Gasteiger partial charge in [-0.2, -0.15) is 0 Å². The summed E-state index contributed by atoms with van der Waals surface area (Å²) in [5.41, 5.74) is 0. The van der Waals surface area contributed by atoms with Crippen molar-refractivity contribution in [1.29, 1.82) is 0 Å². The summed E-state index contributed by atoms with van der Waals surface area (Å²) < 4.78 is 4.71. The Balaban J connectivity index is 4.02. The summed E-state index contributed by atoms with van der Waals surface area (Å²) in [4.78, 5) is 0. The lowest BCUT2D eigenvalue weighted by Gasteiger charge is -2.28. The quantitative estimate of drug-likeness (QED) is 0.602. The van der Waals surface area contributed by atoms with E-state index in [1.165, 1.54) is 0 Å². The van der Waals surface area contributed by atoms with Gasteiger partial charge in [0.15, 0.2) is 6.84 Å². The number of alkyl halides is 4. The second-order valence-electron chi connectivity index (χ2n) is 2.08. The molecule has 0 aliphatic rings. The van der Waals surface area contributed by atoms with E-state index in [0.29, 0.717) is 0 Å². The smallest absolute Gasteiger partial charge is 0.180 e. The molecule has 0 radical (unpaired) electrons. The second kappa shape index (κ2) is 4.94. The molecule has 0 saturated heterocycles. The summed E-state index contributed by atoms with van der Waals surface area (Å²) in [6.07, 6.45) is 1.68. The summed E-state index contributed by atoms with van der Waals surface area (Å²) in [5.74, 6) is 0. The van der Waals surface area contributed by atoms with Crippen LogP contribution in [0.1, 0.15) is 26.7 Å². The first kappa shape index (κ1) is 12.9. The van der Waals surface area contributed by atoms with Crippen molar-refractivity contribution in [3.63, 3.8) is 0 Å². The van der Waals surface area contributed by atoms with Gasteiger partial charge in [0.1, 0.15) is 0 Å². The van der Waals surface area contributed by atoms with Crippen molar-refractivity contribution in [2.45, 2.75) is 33.5 Å². The van der Waals surface area contributed by atoms with Gasteiger partial charge in [0.05, 0.1) is 0 Å². The van der Waals surface area contributed by atoms with Crippen molar-refractivity contribution in [2.75, 3.05) is 0 Å². The fraction of sp³-hybridized carbons (Fsp3) is 1.00. The van der Waals surface area contributed by atoms with Gasteiger partial charge in [0.25, 0.3) is 0 Å². The van der Waals surface area contributed by atoms with Crippen molar-refractivity contribution in [2.24, 2.45) is 0 Å². The SMILES string of the molecule is CCC(Br)(Br)OC(Br)(Br)CC. The lowest BCUT2D eigenvalue weighted by molar-refractivity contribution is 0.0617. The Bertz CT molecular complexity index is 110. The van der Waals surface area contributed by atoms with Crippen molar-refractivity contribution in [3.8, 4) is 0 Å². The molecule has 5 heteroatoms. The molecule has 0 heterocycles. The largest absolute Gasteiger partial charge is 0.326 e. The van der Waals surface area contributed by atoms with Gasteiger partial charge >= 0.3 is 0 Å². The van der Waals surface area contributed by atoms with Crippen molar-refractivity contribution in [3.05, 3.63) is 0 Å². The summed E-state index contributed by atoms with van der Waals surface area (Å²) in [6, 6.07) is 0. The summed E-state index contributed by atoms with van der Waals surface area (Å²) in [6.45, 7) is 4.05. The van der Waals surface area contributed by atoms with E-state index in [-0.39, 0.29) is 0 Å². The second-order valence-corrected chi connectivity index (χ2v) is 9.34. The van der Waals surface area contributed by atoms with Crippen molar-refractivity contribution < 1.29 is 4.74 Å². The monoisotopic (exact) mass is 414 g/mol. The Labute approximate surface area is 101 Å². The highest BCUT2D eigenvalue weighted by molar-refractivity contribution is 9.26. The molecular weight excluding hydrogens is 408 g/mol. The van der Waals surface area contributed by atoms with Gasteiger partial charge in [-0.05, 0) is 76.6 Å². The van der Waals surface area contributed by atoms with Gasteiger partial charge in [-0.15, -0.1) is 0 Å². The van der Waals surface area contributed by atoms with Crippen LogP contribution in [-0.4, -0.2) is 6.84 Å². The number of ether oxygens (including phenoxy) is 1. The molecule has 0 bridgehead atoms. The summed E-state index contributed by atoms with van der Waals surface area (Å²) in [7, 11) is 0. The predicted octanol–water partition coefficient (Wildman–Crippen LogP) is 4.71. The fourth-order valence-corrected chi connectivity index (χ4v) is 2.34. The highest BCUT2D eigenvalue weighted by Gasteiger charge is 2.32. The molecule has 0 aromatic heterocycles. The van der Waals surface area contributed by atoms with Gasteiger partial charge in [0, 0.05) is 0 Å². The summed E-state index contributed by atoms with van der Waals surface area (Å²) in [5, 5.41) is 0. The Morgan fingerprint density at radius 3 is 1.36 bits per heavy atom. The third-order valence-corrected chi connectivity index (χ3v) is 4.01. The molecule has 68 valence electrons. The molecular formula is C6H10Br4O. The highest BCUT2D eigenvalue weighted by atomic mass is 79.9. The maximum atomic E-state index is 5.59. The molecule has 0 aliphatic carbocycles. The number of hydrogen-bond acceptors (Lipinski definition) is 1. The molecule has 11 heavy (non-hydrogen) atoms. The van der Waals surface area contributed by atoms with Crippen LogP contribution in [0.4, 0.5) is 0 Å². The van der Waals surface area contributed by atoms with Gasteiger partial charge in [-0.1, -0.05) is 13.8 Å². The Morgan fingerprint density at radius 1 is 0.909 bits per heavy atom. The highest BCUT2D eigenvalue weighted by Crippen LogP contribution is 2.42. The van der Waals surface area contributed by atoms with Gasteiger partial charge in [-0.25, -0.2) is 0 Å². The van der Waals surface area contributed by atoms with Crippen LogP contribution in [-0.2, 0) is 4.74 Å². The zero-order valence-corrected chi connectivity index (χ0v) is 12.7. The third-order valence-electron chi connectivity index (χ3n) is 1.12. The Morgan fingerprint density at radius 2 is 1.18 bits per heavy atom. The van der Waals surface area contributed by atoms with Crippen LogP contribution in [0, 0.1) is 0 Å². The standard InChI is InChI=1S/C6H10Br4O/c1-3-5(7,8)11-6(9,10)4-2/h3-4H2,1-2H3. The fourth-order valence-electron chi connectivity index (χ4n) is 0.363. The zero-order chi connectivity index (χ0) is 9.12. The van der Waals surface area contributed by atoms with Crippen LogP contribution in [0.15, 0.2) is 0 Å². The molecule has 1 nitrogen and oxygen atoms in total. The average molecular weight is 418 g/mol. The van der Waals surface area contributed by atoms with Gasteiger partial charge in [-0.3, -0.25) is 0 Å². The average Bonchev–Trinajstić information content (AvgIpc) is 1.86. The van der Waals surface area contributed by atoms with E-state index in [1.807, 2.05) is 13.8 Å². The van der Waals surface area contributed by atoms with Crippen LogP contribution < -0.4 is 0 Å². The first-order valence-corrected chi connectivity index (χ1v) is 6.46. The number of hydrogen-bond donors (Lipinski definition) is 0. The maximum Gasteiger partial charge on any atom is 0.180 e. The van der Waals surface area contributed by atoms with Gasteiger partial charge in [0.2, 0.25) is 0 Å². The van der Waals surface area contributed by atoms with Crippen LogP contribution in [0.25, 0.3) is 0 Å². The first-order valence-electron chi connectivity index (χ1n) is 3.29. The van der Waals surface area contributed by atoms with Crippen LogP contribution in [0.5, 0.6) is 0 Å². The minimum atomic E-state index is -0.441. The molecule has 0 fully saturated rings. The molecule has 0 unspecified atom stereocenters. The van der Waals surface area contributed by atoms with Crippen LogP contribution >= 0.6 is 63.7 Å². The molecule has 0 aromatic rings.